The number of aryl methyl sites for hydroxylation is 1. The minimum Gasteiger partial charge on any atom is -0.321 e. The molecular formula is C11H13F2N. The van der Waals surface area contributed by atoms with Gasteiger partial charge in [0, 0.05) is 12.8 Å². The van der Waals surface area contributed by atoms with Crippen molar-refractivity contribution in [3.05, 3.63) is 35.4 Å². The van der Waals surface area contributed by atoms with Gasteiger partial charge >= 0.3 is 0 Å². The van der Waals surface area contributed by atoms with Crippen LogP contribution < -0.4 is 5.73 Å². The number of hydrogen-bond acceptors (Lipinski definition) is 1. The number of nitrogens with two attached hydrogens (primary N) is 1. The van der Waals surface area contributed by atoms with E-state index in [0.717, 1.165) is 11.1 Å². The Kier molecular flexibility index (Phi) is 1.89. The van der Waals surface area contributed by atoms with E-state index in [0.29, 0.717) is 0 Å². The molecule has 1 aromatic carbocycles. The van der Waals surface area contributed by atoms with E-state index in [4.69, 9.17) is 5.73 Å². The predicted octanol–water partition coefficient (Wildman–Crippen LogP) is 2.58. The summed E-state index contributed by atoms with van der Waals surface area (Å²) in [5.41, 5.74) is 6.95. The summed E-state index contributed by atoms with van der Waals surface area (Å²) in [6.45, 7) is 1.90. The molecule has 1 aliphatic carbocycles. The summed E-state index contributed by atoms with van der Waals surface area (Å²) < 4.78 is 25.5. The number of benzene rings is 1. The number of halogens is 2. The molecule has 0 saturated heterocycles. The van der Waals surface area contributed by atoms with Gasteiger partial charge in [-0.25, -0.2) is 8.78 Å². The van der Waals surface area contributed by atoms with E-state index in [1.165, 1.54) is 0 Å². The smallest absolute Gasteiger partial charge is 0.252 e. The Hall–Kier alpha value is -0.960. The first-order valence-corrected chi connectivity index (χ1v) is 4.66. The predicted molar refractivity (Wildman–Crippen MR) is 51.2 cm³/mol. The Labute approximate surface area is 81.9 Å². The van der Waals surface area contributed by atoms with Crippen molar-refractivity contribution in [2.45, 2.75) is 31.2 Å². The lowest BCUT2D eigenvalue weighted by atomic mass is 9.69. The van der Waals surface area contributed by atoms with E-state index in [-0.39, 0.29) is 12.8 Å². The highest BCUT2D eigenvalue weighted by molar-refractivity contribution is 5.35. The van der Waals surface area contributed by atoms with Crippen LogP contribution in [0.3, 0.4) is 0 Å². The molecule has 2 rings (SSSR count). The number of rotatable bonds is 1. The van der Waals surface area contributed by atoms with Crippen molar-refractivity contribution in [3.8, 4) is 0 Å². The second-order valence-corrected chi connectivity index (χ2v) is 4.18. The van der Waals surface area contributed by atoms with Gasteiger partial charge < -0.3 is 5.73 Å². The molecule has 1 nitrogen and oxygen atoms in total. The Balaban J connectivity index is 2.30. The van der Waals surface area contributed by atoms with Crippen molar-refractivity contribution in [1.29, 1.82) is 0 Å². The van der Waals surface area contributed by atoms with Gasteiger partial charge in [-0.2, -0.15) is 0 Å². The Morgan fingerprint density at radius 2 is 1.79 bits per heavy atom. The van der Waals surface area contributed by atoms with E-state index < -0.39 is 11.5 Å². The van der Waals surface area contributed by atoms with Gasteiger partial charge in [0.25, 0.3) is 5.92 Å². The fourth-order valence-electron chi connectivity index (χ4n) is 2.19. The van der Waals surface area contributed by atoms with E-state index in [1.54, 1.807) is 0 Å². The molecule has 3 heteroatoms. The molecule has 76 valence electrons. The molecule has 0 aliphatic heterocycles. The summed E-state index contributed by atoms with van der Waals surface area (Å²) in [6.07, 6.45) is -0.463. The second kappa shape index (κ2) is 2.76. The minimum absolute atomic E-state index is 0.231. The summed E-state index contributed by atoms with van der Waals surface area (Å²) >= 11 is 0. The first kappa shape index (κ1) is 9.59. The third-order valence-electron chi connectivity index (χ3n) is 2.83. The van der Waals surface area contributed by atoms with E-state index in [9.17, 15) is 8.78 Å². The fourth-order valence-corrected chi connectivity index (χ4v) is 2.19. The summed E-state index contributed by atoms with van der Waals surface area (Å²) in [5, 5.41) is 0. The molecule has 14 heavy (non-hydrogen) atoms. The van der Waals surface area contributed by atoms with Crippen LogP contribution in [0.2, 0.25) is 0 Å². The topological polar surface area (TPSA) is 26.0 Å². The first-order valence-electron chi connectivity index (χ1n) is 4.66. The lowest BCUT2D eigenvalue weighted by Crippen LogP contribution is -2.55. The molecule has 0 amide bonds. The molecule has 0 heterocycles. The Morgan fingerprint density at radius 1 is 1.21 bits per heavy atom. The van der Waals surface area contributed by atoms with Gasteiger partial charge in [-0.05, 0) is 18.1 Å². The van der Waals surface area contributed by atoms with Gasteiger partial charge in [-0.15, -0.1) is 0 Å². The van der Waals surface area contributed by atoms with E-state index in [1.807, 2.05) is 31.2 Å². The first-order chi connectivity index (χ1) is 6.43. The summed E-state index contributed by atoms with van der Waals surface area (Å²) in [4.78, 5) is 0. The van der Waals surface area contributed by atoms with E-state index >= 15 is 0 Å². The fraction of sp³-hybridized carbons (Fsp3) is 0.455. The third-order valence-corrected chi connectivity index (χ3v) is 2.83. The zero-order valence-electron chi connectivity index (χ0n) is 8.06. The van der Waals surface area contributed by atoms with Crippen molar-refractivity contribution in [3.63, 3.8) is 0 Å². The summed E-state index contributed by atoms with van der Waals surface area (Å²) in [5.74, 6) is -2.57. The van der Waals surface area contributed by atoms with Crippen molar-refractivity contribution >= 4 is 0 Å². The molecule has 0 spiro atoms. The Bertz CT molecular complexity index is 352. The second-order valence-electron chi connectivity index (χ2n) is 4.18. The molecule has 0 radical (unpaired) electrons. The average Bonchev–Trinajstić information content (AvgIpc) is 2.00. The van der Waals surface area contributed by atoms with Crippen molar-refractivity contribution < 1.29 is 8.78 Å². The maximum absolute atomic E-state index is 12.8. The zero-order valence-corrected chi connectivity index (χ0v) is 8.06. The molecule has 0 aromatic heterocycles. The molecule has 1 aliphatic rings. The van der Waals surface area contributed by atoms with Crippen molar-refractivity contribution in [2.24, 2.45) is 5.73 Å². The standard InChI is InChI=1S/C11H13F2N/c1-8-4-2-3-5-9(8)10(14)6-11(12,13)7-10/h2-5H,6-7,14H2,1H3. The maximum atomic E-state index is 12.8. The van der Waals surface area contributed by atoms with Gasteiger partial charge in [-0.1, -0.05) is 24.3 Å². The largest absolute Gasteiger partial charge is 0.321 e. The van der Waals surface area contributed by atoms with Crippen LogP contribution in [0.4, 0.5) is 8.78 Å². The molecule has 2 N–H and O–H groups in total. The lowest BCUT2D eigenvalue weighted by molar-refractivity contribution is -0.125. The highest BCUT2D eigenvalue weighted by atomic mass is 19.3. The summed E-state index contributed by atoms with van der Waals surface area (Å²) in [6, 6.07) is 7.47. The van der Waals surface area contributed by atoms with Crippen LogP contribution in [-0.2, 0) is 5.54 Å². The number of hydrogen-bond donors (Lipinski definition) is 1. The molecular weight excluding hydrogens is 184 g/mol. The molecule has 1 aromatic rings. The van der Waals surface area contributed by atoms with Crippen molar-refractivity contribution in [1.82, 2.24) is 0 Å². The SMILES string of the molecule is Cc1ccccc1C1(N)CC(F)(F)C1. The van der Waals surface area contributed by atoms with Gasteiger partial charge in [0.1, 0.15) is 0 Å². The highest BCUT2D eigenvalue weighted by Crippen LogP contribution is 2.50. The highest BCUT2D eigenvalue weighted by Gasteiger charge is 2.55. The lowest BCUT2D eigenvalue weighted by Gasteiger charge is -2.45. The normalized spacial score (nSPS) is 22.9. The summed E-state index contributed by atoms with van der Waals surface area (Å²) in [7, 11) is 0. The number of alkyl halides is 2. The van der Waals surface area contributed by atoms with Gasteiger partial charge in [-0.3, -0.25) is 0 Å². The quantitative estimate of drug-likeness (QED) is 0.735. The molecule has 0 unspecified atom stereocenters. The van der Waals surface area contributed by atoms with Gasteiger partial charge in [0.15, 0.2) is 0 Å². The van der Waals surface area contributed by atoms with Crippen LogP contribution in [0.25, 0.3) is 0 Å². The van der Waals surface area contributed by atoms with Crippen LogP contribution in [0.15, 0.2) is 24.3 Å². The van der Waals surface area contributed by atoms with Gasteiger partial charge in [0.2, 0.25) is 0 Å². The average molecular weight is 197 g/mol. The minimum atomic E-state index is -2.57. The van der Waals surface area contributed by atoms with Crippen LogP contribution in [0.1, 0.15) is 24.0 Å². The van der Waals surface area contributed by atoms with E-state index in [2.05, 4.69) is 0 Å². The van der Waals surface area contributed by atoms with Crippen LogP contribution in [-0.4, -0.2) is 5.92 Å². The van der Waals surface area contributed by atoms with Crippen LogP contribution >= 0.6 is 0 Å². The van der Waals surface area contributed by atoms with Gasteiger partial charge in [0.05, 0.1) is 5.54 Å². The molecule has 1 fully saturated rings. The monoisotopic (exact) mass is 197 g/mol. The van der Waals surface area contributed by atoms with Crippen LogP contribution in [0, 0.1) is 6.92 Å². The molecule has 0 bridgehead atoms. The Morgan fingerprint density at radius 3 is 2.29 bits per heavy atom. The maximum Gasteiger partial charge on any atom is 0.252 e. The third kappa shape index (κ3) is 1.42. The zero-order chi connectivity index (χ0) is 10.4. The van der Waals surface area contributed by atoms with Crippen molar-refractivity contribution in [2.75, 3.05) is 0 Å². The molecule has 0 atom stereocenters. The van der Waals surface area contributed by atoms with Crippen LogP contribution in [0.5, 0.6) is 0 Å². The molecule has 1 saturated carbocycles.